The van der Waals surface area contributed by atoms with Crippen molar-refractivity contribution < 1.29 is 19.1 Å². The van der Waals surface area contributed by atoms with Gasteiger partial charge in [-0.1, -0.05) is 48.6 Å². The van der Waals surface area contributed by atoms with Crippen LogP contribution in [0.1, 0.15) is 11.1 Å². The summed E-state index contributed by atoms with van der Waals surface area (Å²) in [6.07, 6.45) is 4.23. The predicted molar refractivity (Wildman–Crippen MR) is 142 cm³/mol. The van der Waals surface area contributed by atoms with E-state index < -0.39 is 11.8 Å². The molecule has 0 radical (unpaired) electrons. The minimum Gasteiger partial charge on any atom is -0.497 e. The van der Waals surface area contributed by atoms with E-state index in [0.717, 1.165) is 38.2 Å². The fourth-order valence-electron chi connectivity index (χ4n) is 5.98. The molecule has 0 N–H and O–H groups in total. The summed E-state index contributed by atoms with van der Waals surface area (Å²) in [7, 11) is 3.29. The summed E-state index contributed by atoms with van der Waals surface area (Å²) in [6, 6.07) is 23.3. The fraction of sp³-hybridized carbons (Fsp3) is 0.200. The molecule has 180 valence electrons. The third kappa shape index (κ3) is 3.35. The van der Waals surface area contributed by atoms with Gasteiger partial charge in [0.1, 0.15) is 11.5 Å². The van der Waals surface area contributed by atoms with Gasteiger partial charge in [0.25, 0.3) is 0 Å². The second-order valence-corrected chi connectivity index (χ2v) is 10.1. The highest BCUT2D eigenvalue weighted by Gasteiger charge is 2.62. The number of carbonyl (C=O) groups is 2. The van der Waals surface area contributed by atoms with Gasteiger partial charge in [0.2, 0.25) is 11.8 Å². The molecule has 3 aromatic carbocycles. The zero-order valence-corrected chi connectivity index (χ0v) is 21.4. The summed E-state index contributed by atoms with van der Waals surface area (Å²) in [5, 5.41) is 0. The van der Waals surface area contributed by atoms with Gasteiger partial charge in [0.05, 0.1) is 31.7 Å². The van der Waals surface area contributed by atoms with Crippen LogP contribution in [-0.4, -0.2) is 26.0 Å². The maximum absolute atomic E-state index is 13.7. The lowest BCUT2D eigenvalue weighted by atomic mass is 9.85. The van der Waals surface area contributed by atoms with Gasteiger partial charge in [0, 0.05) is 16.3 Å². The summed E-state index contributed by atoms with van der Waals surface area (Å²) >= 11 is 3.52. The van der Waals surface area contributed by atoms with Crippen LogP contribution in [0.15, 0.2) is 95.0 Å². The number of halogens is 1. The molecule has 36 heavy (non-hydrogen) atoms. The largest absolute Gasteiger partial charge is 0.497 e. The Morgan fingerprint density at radius 2 is 1.19 bits per heavy atom. The molecular weight excluding hydrogens is 518 g/mol. The van der Waals surface area contributed by atoms with Gasteiger partial charge in [-0.25, -0.2) is 4.90 Å². The number of imide groups is 1. The van der Waals surface area contributed by atoms with E-state index in [1.807, 2.05) is 72.8 Å². The Hall–Kier alpha value is -3.64. The van der Waals surface area contributed by atoms with Crippen molar-refractivity contribution in [3.63, 3.8) is 0 Å². The lowest BCUT2D eigenvalue weighted by molar-refractivity contribution is -0.122. The predicted octanol–water partition coefficient (Wildman–Crippen LogP) is 5.89. The molecule has 4 atom stereocenters. The van der Waals surface area contributed by atoms with Crippen molar-refractivity contribution in [3.05, 3.63) is 106 Å². The number of benzene rings is 3. The van der Waals surface area contributed by atoms with Crippen molar-refractivity contribution in [1.29, 1.82) is 0 Å². The molecule has 2 fully saturated rings. The third-order valence-electron chi connectivity index (χ3n) is 7.56. The molecule has 0 spiro atoms. The molecule has 6 rings (SSSR count). The third-order valence-corrected chi connectivity index (χ3v) is 8.23. The minimum absolute atomic E-state index is 0.130. The molecule has 1 saturated carbocycles. The van der Waals surface area contributed by atoms with Crippen LogP contribution < -0.4 is 14.4 Å². The van der Waals surface area contributed by atoms with E-state index >= 15 is 0 Å². The molecular formula is C30H24BrNO4. The number of fused-ring (bicyclic) bond motifs is 5. The molecule has 2 amide bonds. The summed E-state index contributed by atoms with van der Waals surface area (Å²) in [6.45, 7) is 0. The van der Waals surface area contributed by atoms with Crippen LogP contribution in [0.3, 0.4) is 0 Å². The molecule has 3 aliphatic rings. The molecule has 0 unspecified atom stereocenters. The second kappa shape index (κ2) is 8.79. The van der Waals surface area contributed by atoms with Crippen molar-refractivity contribution in [2.75, 3.05) is 19.1 Å². The molecule has 1 saturated heterocycles. The highest BCUT2D eigenvalue weighted by Crippen LogP contribution is 2.59. The Bertz CT molecular complexity index is 1340. The number of allylic oxidation sites excluding steroid dienone is 3. The van der Waals surface area contributed by atoms with Crippen LogP contribution in [0.4, 0.5) is 5.69 Å². The van der Waals surface area contributed by atoms with Gasteiger partial charge < -0.3 is 9.47 Å². The van der Waals surface area contributed by atoms with E-state index in [4.69, 9.17) is 9.47 Å². The molecule has 2 aliphatic carbocycles. The van der Waals surface area contributed by atoms with E-state index in [1.165, 1.54) is 4.90 Å². The van der Waals surface area contributed by atoms with Gasteiger partial charge in [0.15, 0.2) is 0 Å². The van der Waals surface area contributed by atoms with Crippen LogP contribution in [0.25, 0.3) is 5.57 Å². The monoisotopic (exact) mass is 541 g/mol. The topological polar surface area (TPSA) is 55.8 Å². The summed E-state index contributed by atoms with van der Waals surface area (Å²) in [5.74, 6) is 0.215. The first-order valence-corrected chi connectivity index (χ1v) is 12.7. The van der Waals surface area contributed by atoms with E-state index in [2.05, 4.69) is 28.1 Å². The van der Waals surface area contributed by atoms with Crippen molar-refractivity contribution in [3.8, 4) is 11.5 Å². The van der Waals surface area contributed by atoms with Crippen LogP contribution in [0.5, 0.6) is 11.5 Å². The lowest BCUT2D eigenvalue weighted by Crippen LogP contribution is -2.33. The Morgan fingerprint density at radius 3 is 1.64 bits per heavy atom. The standard InChI is InChI=1S/C30H24BrNO4/c1-35-19-11-7-17(8-12-19)25(18-9-13-20(36-2)14-10-18)26-21-15-16-22(26)28-27(21)29(33)32(30(28)34)24-6-4-3-5-23(24)31/h3-16,21-22,27-28H,1-2H3/t21-,22-,27-,28-/m1/s1. The number of ether oxygens (including phenoxy) is 2. The highest BCUT2D eigenvalue weighted by atomic mass is 79.9. The first-order valence-electron chi connectivity index (χ1n) is 11.9. The first-order chi connectivity index (χ1) is 17.5. The summed E-state index contributed by atoms with van der Waals surface area (Å²) < 4.78 is 11.5. The fourth-order valence-corrected chi connectivity index (χ4v) is 6.44. The zero-order valence-electron chi connectivity index (χ0n) is 19.9. The quantitative estimate of drug-likeness (QED) is 0.298. The first kappa shape index (κ1) is 22.8. The van der Waals surface area contributed by atoms with Gasteiger partial charge in [-0.3, -0.25) is 9.59 Å². The Balaban J connectivity index is 1.48. The molecule has 2 bridgehead atoms. The molecule has 1 heterocycles. The Kier molecular flexibility index (Phi) is 5.56. The van der Waals surface area contributed by atoms with Crippen LogP contribution in [0, 0.1) is 23.7 Å². The number of methoxy groups -OCH3 is 2. The SMILES string of the molecule is COc1ccc(C(=C2[C@H]3C=C[C@H]2[C@H]2C(=O)N(c4ccccc4Br)C(=O)[C@@H]23)c2ccc(OC)cc2)cc1. The van der Waals surface area contributed by atoms with Gasteiger partial charge in [-0.2, -0.15) is 0 Å². The van der Waals surface area contributed by atoms with Gasteiger partial charge in [-0.05, 0) is 74.6 Å². The van der Waals surface area contributed by atoms with Crippen LogP contribution in [0.2, 0.25) is 0 Å². The van der Waals surface area contributed by atoms with E-state index in [0.29, 0.717) is 5.69 Å². The number of para-hydroxylation sites is 1. The van der Waals surface area contributed by atoms with Gasteiger partial charge in [-0.15, -0.1) is 0 Å². The van der Waals surface area contributed by atoms with E-state index in [1.54, 1.807) is 14.2 Å². The number of carbonyl (C=O) groups excluding carboxylic acids is 2. The normalized spacial score (nSPS) is 23.9. The Labute approximate surface area is 218 Å². The van der Waals surface area contributed by atoms with Crippen molar-refractivity contribution in [1.82, 2.24) is 0 Å². The summed E-state index contributed by atoms with van der Waals surface area (Å²) in [4.78, 5) is 28.9. The lowest BCUT2D eigenvalue weighted by Gasteiger charge is -2.22. The number of hydrogen-bond acceptors (Lipinski definition) is 4. The average Bonchev–Trinajstić information content (AvgIpc) is 3.54. The van der Waals surface area contributed by atoms with Gasteiger partial charge >= 0.3 is 0 Å². The number of rotatable bonds is 5. The van der Waals surface area contributed by atoms with E-state index in [9.17, 15) is 9.59 Å². The van der Waals surface area contributed by atoms with E-state index in [-0.39, 0.29) is 23.7 Å². The van der Waals surface area contributed by atoms with Crippen molar-refractivity contribution in [2.45, 2.75) is 0 Å². The molecule has 0 aromatic heterocycles. The maximum atomic E-state index is 13.7. The maximum Gasteiger partial charge on any atom is 0.238 e. The summed E-state index contributed by atoms with van der Waals surface area (Å²) in [5.41, 5.74) is 4.85. The molecule has 3 aromatic rings. The highest BCUT2D eigenvalue weighted by molar-refractivity contribution is 9.10. The number of anilines is 1. The van der Waals surface area contributed by atoms with Crippen molar-refractivity contribution >= 4 is 39.0 Å². The molecule has 6 heteroatoms. The number of amides is 2. The smallest absolute Gasteiger partial charge is 0.238 e. The number of nitrogens with zero attached hydrogens (tertiary/aromatic N) is 1. The van der Waals surface area contributed by atoms with Crippen LogP contribution in [-0.2, 0) is 9.59 Å². The minimum atomic E-state index is -0.402. The zero-order chi connectivity index (χ0) is 25.0. The van der Waals surface area contributed by atoms with Crippen molar-refractivity contribution in [2.24, 2.45) is 23.7 Å². The average molecular weight is 542 g/mol. The molecule has 5 nitrogen and oxygen atoms in total. The van der Waals surface area contributed by atoms with Crippen LogP contribution >= 0.6 is 15.9 Å². The number of hydrogen-bond donors (Lipinski definition) is 0. The molecule has 1 aliphatic heterocycles. The second-order valence-electron chi connectivity index (χ2n) is 9.24. The Morgan fingerprint density at radius 1 is 0.722 bits per heavy atom.